The number of aromatic nitrogens is 2. The highest BCUT2D eigenvalue weighted by atomic mass is 32.2. The van der Waals surface area contributed by atoms with Crippen LogP contribution in [0.5, 0.6) is 0 Å². The molecule has 8 heteroatoms. The van der Waals surface area contributed by atoms with Crippen molar-refractivity contribution < 1.29 is 13.2 Å². The van der Waals surface area contributed by atoms with E-state index in [4.69, 9.17) is 0 Å². The van der Waals surface area contributed by atoms with E-state index in [-0.39, 0.29) is 22.6 Å². The molecule has 3 heterocycles. The van der Waals surface area contributed by atoms with Crippen LogP contribution in [-0.4, -0.2) is 28.8 Å². The Hall–Kier alpha value is -2.97. The van der Waals surface area contributed by atoms with Crippen LogP contribution < -0.4 is 0 Å². The van der Waals surface area contributed by atoms with Crippen molar-refractivity contribution in [2.75, 3.05) is 0 Å². The van der Waals surface area contributed by atoms with Crippen LogP contribution in [0.25, 0.3) is 10.9 Å². The molecular formula is C23H21N3O3S2. The van der Waals surface area contributed by atoms with Crippen molar-refractivity contribution in [3.63, 3.8) is 0 Å². The summed E-state index contributed by atoms with van der Waals surface area (Å²) in [5.74, 6) is -0.0890. The van der Waals surface area contributed by atoms with E-state index in [1.54, 1.807) is 28.6 Å². The van der Waals surface area contributed by atoms with Crippen molar-refractivity contribution in [2.45, 2.75) is 36.7 Å². The van der Waals surface area contributed by atoms with Crippen molar-refractivity contribution in [3.05, 3.63) is 82.4 Å². The maximum Gasteiger partial charge on any atom is 0.245 e. The lowest BCUT2D eigenvalue weighted by Crippen LogP contribution is -2.32. The second kappa shape index (κ2) is 7.62. The molecule has 1 atom stereocenters. The van der Waals surface area contributed by atoms with Crippen molar-refractivity contribution in [1.82, 2.24) is 14.5 Å². The molecule has 0 fully saturated rings. The van der Waals surface area contributed by atoms with Gasteiger partial charge in [-0.25, -0.2) is 13.4 Å². The van der Waals surface area contributed by atoms with Crippen LogP contribution in [0.15, 0.2) is 71.2 Å². The molecule has 1 aliphatic rings. The number of hydrogen-bond acceptors (Lipinski definition) is 5. The van der Waals surface area contributed by atoms with Crippen LogP contribution >= 0.6 is 11.3 Å². The second-order valence-corrected chi connectivity index (χ2v) is 10.7. The average Bonchev–Trinajstić information content (AvgIpc) is 3.50. The fourth-order valence-electron chi connectivity index (χ4n) is 4.12. The minimum Gasteiger partial charge on any atom is -0.335 e. The fraction of sp³-hybridized carbons (Fsp3) is 0.217. The van der Waals surface area contributed by atoms with Gasteiger partial charge in [-0.05, 0) is 47.7 Å². The number of nitrogens with zero attached hydrogens (tertiary/aromatic N) is 3. The molecule has 1 amide bonds. The van der Waals surface area contributed by atoms with E-state index in [1.165, 1.54) is 11.3 Å². The van der Waals surface area contributed by atoms with E-state index in [1.807, 2.05) is 54.1 Å². The van der Waals surface area contributed by atoms with E-state index in [2.05, 4.69) is 4.98 Å². The molecule has 6 nitrogen and oxygen atoms in total. The molecule has 5 rings (SSSR count). The first-order valence-corrected chi connectivity index (χ1v) is 12.5. The maximum absolute atomic E-state index is 13.2. The van der Waals surface area contributed by atoms with Crippen LogP contribution in [0.1, 0.15) is 29.1 Å². The standard InChI is InChI=1S/C23H21N3O3S2/c1-16(26-10-8-17-4-2-3-5-21(17)26)23(27)25-13-18-6-7-20(12-19(18)14-25)31(28,29)15-22-24-9-11-30-22/h2-12,16H,13-15H2,1H3. The molecule has 0 saturated heterocycles. The van der Waals surface area contributed by atoms with Crippen LogP contribution in [0.3, 0.4) is 0 Å². The number of benzene rings is 2. The third kappa shape index (κ3) is 3.66. The normalized spacial score (nSPS) is 14.7. The lowest BCUT2D eigenvalue weighted by atomic mass is 10.1. The van der Waals surface area contributed by atoms with Crippen LogP contribution in [0, 0.1) is 0 Å². The molecule has 1 unspecified atom stereocenters. The maximum atomic E-state index is 13.2. The van der Waals surface area contributed by atoms with E-state index < -0.39 is 9.84 Å². The topological polar surface area (TPSA) is 72.3 Å². The predicted octanol–water partition coefficient (Wildman–Crippen LogP) is 4.18. The average molecular weight is 452 g/mol. The zero-order valence-electron chi connectivity index (χ0n) is 16.9. The smallest absolute Gasteiger partial charge is 0.245 e. The predicted molar refractivity (Wildman–Crippen MR) is 120 cm³/mol. The lowest BCUT2D eigenvalue weighted by Gasteiger charge is -2.22. The SMILES string of the molecule is CC(C(=O)N1Cc2ccc(S(=O)(=O)Cc3nccs3)cc2C1)n1ccc2ccccc21. The number of thiazole rings is 1. The summed E-state index contributed by atoms with van der Waals surface area (Å²) in [6.45, 7) is 2.81. The summed E-state index contributed by atoms with van der Waals surface area (Å²) < 4.78 is 27.6. The van der Waals surface area contributed by atoms with Gasteiger partial charge in [0, 0.05) is 36.4 Å². The Labute approximate surface area is 184 Å². The number of carbonyl (C=O) groups is 1. The molecule has 2 aromatic heterocycles. The molecule has 0 saturated carbocycles. The molecule has 31 heavy (non-hydrogen) atoms. The van der Waals surface area contributed by atoms with Crippen molar-refractivity contribution >= 4 is 38.0 Å². The second-order valence-electron chi connectivity index (χ2n) is 7.77. The van der Waals surface area contributed by atoms with Gasteiger partial charge in [-0.2, -0.15) is 0 Å². The molecule has 0 bridgehead atoms. The number of rotatable bonds is 5. The van der Waals surface area contributed by atoms with Gasteiger partial charge >= 0.3 is 0 Å². The fourth-order valence-corrected chi connectivity index (χ4v) is 6.42. The van der Waals surface area contributed by atoms with Gasteiger partial charge in [0.25, 0.3) is 0 Å². The Morgan fingerprint density at radius 3 is 2.74 bits per heavy atom. The van der Waals surface area contributed by atoms with Crippen LogP contribution in [0.2, 0.25) is 0 Å². The Balaban J connectivity index is 1.36. The molecular weight excluding hydrogens is 430 g/mol. The highest BCUT2D eigenvalue weighted by molar-refractivity contribution is 7.90. The lowest BCUT2D eigenvalue weighted by molar-refractivity contribution is -0.134. The Morgan fingerprint density at radius 1 is 1.13 bits per heavy atom. The Kier molecular flexibility index (Phi) is 4.91. The first-order chi connectivity index (χ1) is 14.9. The number of sulfone groups is 1. The summed E-state index contributed by atoms with van der Waals surface area (Å²) in [6, 6.07) is 14.8. The zero-order valence-corrected chi connectivity index (χ0v) is 18.6. The third-order valence-electron chi connectivity index (χ3n) is 5.77. The molecule has 2 aromatic carbocycles. The summed E-state index contributed by atoms with van der Waals surface area (Å²) in [6.07, 6.45) is 3.55. The van der Waals surface area contributed by atoms with E-state index in [0.717, 1.165) is 22.0 Å². The molecule has 4 aromatic rings. The van der Waals surface area contributed by atoms with Gasteiger partial charge in [-0.15, -0.1) is 11.3 Å². The molecule has 1 aliphatic heterocycles. The highest BCUT2D eigenvalue weighted by Gasteiger charge is 2.29. The van der Waals surface area contributed by atoms with Gasteiger partial charge < -0.3 is 9.47 Å². The van der Waals surface area contributed by atoms with Crippen molar-refractivity contribution in [3.8, 4) is 0 Å². The summed E-state index contributed by atoms with van der Waals surface area (Å²) in [5.41, 5.74) is 2.90. The number of fused-ring (bicyclic) bond motifs is 2. The molecule has 158 valence electrons. The highest BCUT2D eigenvalue weighted by Crippen LogP contribution is 2.30. The number of hydrogen-bond donors (Lipinski definition) is 0. The number of carbonyl (C=O) groups excluding carboxylic acids is 1. The number of para-hydroxylation sites is 1. The van der Waals surface area contributed by atoms with Gasteiger partial charge in [-0.3, -0.25) is 4.79 Å². The van der Waals surface area contributed by atoms with Gasteiger partial charge in [0.2, 0.25) is 5.91 Å². The zero-order chi connectivity index (χ0) is 21.6. The summed E-state index contributed by atoms with van der Waals surface area (Å²) in [4.78, 5) is 19.4. The van der Waals surface area contributed by atoms with Crippen LogP contribution in [-0.2, 0) is 33.5 Å². The van der Waals surface area contributed by atoms with Crippen molar-refractivity contribution in [2.24, 2.45) is 0 Å². The van der Waals surface area contributed by atoms with Gasteiger partial charge in [0.15, 0.2) is 9.84 Å². The van der Waals surface area contributed by atoms with E-state index >= 15 is 0 Å². The molecule has 0 aliphatic carbocycles. The summed E-state index contributed by atoms with van der Waals surface area (Å²) in [7, 11) is -3.48. The Bertz CT molecular complexity index is 1370. The molecule has 0 N–H and O–H groups in total. The monoisotopic (exact) mass is 451 g/mol. The first-order valence-electron chi connectivity index (χ1n) is 10.00. The largest absolute Gasteiger partial charge is 0.335 e. The molecule has 0 radical (unpaired) electrons. The minimum absolute atomic E-state index is 0.0183. The quantitative estimate of drug-likeness (QED) is 0.456. The number of amides is 1. The van der Waals surface area contributed by atoms with Crippen molar-refractivity contribution in [1.29, 1.82) is 0 Å². The minimum atomic E-state index is -3.48. The summed E-state index contributed by atoms with van der Waals surface area (Å²) in [5, 5.41) is 3.44. The van der Waals surface area contributed by atoms with E-state index in [0.29, 0.717) is 18.1 Å². The van der Waals surface area contributed by atoms with Gasteiger partial charge in [0.1, 0.15) is 16.8 Å². The van der Waals surface area contributed by atoms with Gasteiger partial charge in [-0.1, -0.05) is 24.3 Å². The van der Waals surface area contributed by atoms with Gasteiger partial charge in [0.05, 0.1) is 4.90 Å². The molecule has 0 spiro atoms. The Morgan fingerprint density at radius 2 is 1.94 bits per heavy atom. The third-order valence-corrected chi connectivity index (χ3v) is 8.36. The van der Waals surface area contributed by atoms with Crippen LogP contribution in [0.4, 0.5) is 0 Å². The van der Waals surface area contributed by atoms with E-state index in [9.17, 15) is 13.2 Å². The first kappa shape index (κ1) is 20.0. The summed E-state index contributed by atoms with van der Waals surface area (Å²) >= 11 is 1.33.